The van der Waals surface area contributed by atoms with Gasteiger partial charge in [0.15, 0.2) is 5.69 Å². The van der Waals surface area contributed by atoms with Gasteiger partial charge in [-0.1, -0.05) is 6.07 Å². The van der Waals surface area contributed by atoms with Gasteiger partial charge in [-0.25, -0.2) is 18.7 Å². The number of hydrogen-bond donors (Lipinski definition) is 2. The van der Waals surface area contributed by atoms with Crippen LogP contribution in [-0.4, -0.2) is 44.7 Å². The molecule has 3 aromatic heterocycles. The number of amides is 1. The summed E-state index contributed by atoms with van der Waals surface area (Å²) < 4.78 is 69.5. The summed E-state index contributed by atoms with van der Waals surface area (Å²) in [5.41, 5.74) is 6.70. The molecule has 3 N–H and O–H groups in total. The molecule has 4 heterocycles. The van der Waals surface area contributed by atoms with Crippen LogP contribution in [0.3, 0.4) is 0 Å². The number of nitrogens with one attached hydrogen (secondary N) is 1. The number of alkyl halides is 5. The highest BCUT2D eigenvalue weighted by Crippen LogP contribution is 2.59. The van der Waals surface area contributed by atoms with E-state index in [1.54, 1.807) is 30.0 Å². The first-order valence-corrected chi connectivity index (χ1v) is 12.2. The van der Waals surface area contributed by atoms with Gasteiger partial charge in [-0.05, 0) is 48.6 Å². The second-order valence-electron chi connectivity index (χ2n) is 10.1. The molecule has 0 bridgehead atoms. The van der Waals surface area contributed by atoms with E-state index in [2.05, 4.69) is 20.4 Å². The zero-order valence-corrected chi connectivity index (χ0v) is 20.3. The molecule has 0 spiro atoms. The number of carbonyl (C=O) groups is 1. The van der Waals surface area contributed by atoms with Crippen molar-refractivity contribution in [3.05, 3.63) is 64.2 Å². The van der Waals surface area contributed by atoms with Gasteiger partial charge in [0.2, 0.25) is 0 Å². The molecule has 6 rings (SSSR count). The van der Waals surface area contributed by atoms with Gasteiger partial charge in [-0.2, -0.15) is 18.3 Å². The van der Waals surface area contributed by atoms with Gasteiger partial charge >= 0.3 is 6.18 Å². The number of carbonyl (C=O) groups excluding carboxylic acids is 1. The molecule has 0 aromatic carbocycles. The lowest BCUT2D eigenvalue weighted by atomic mass is 10.1. The van der Waals surface area contributed by atoms with Crippen LogP contribution >= 0.6 is 0 Å². The number of hydrogen-bond acceptors (Lipinski definition) is 6. The molecule has 2 fully saturated rings. The third-order valence-electron chi connectivity index (χ3n) is 7.80. The van der Waals surface area contributed by atoms with Gasteiger partial charge in [0.1, 0.15) is 11.6 Å². The standard InChI is InChI=1S/C25H24F5N7O/c1-12-13(2-5-20(33-12)36-10-17-18(11-36)24(17,26)27)8-37-9-16(21(35-37)25(28,29)30)23(38)34-19-4-3-15-14(19)6-7-32-22(15)31/h2,5-7,9,17-19H,3-4,8,10-11H2,1H3,(H2,31,32)(H,34,38). The average molecular weight is 534 g/mol. The van der Waals surface area contributed by atoms with Crippen molar-refractivity contribution in [2.45, 2.75) is 44.5 Å². The van der Waals surface area contributed by atoms with Crippen LogP contribution in [0.2, 0.25) is 0 Å². The van der Waals surface area contributed by atoms with E-state index in [1.807, 2.05) is 0 Å². The van der Waals surface area contributed by atoms with E-state index in [-0.39, 0.29) is 19.6 Å². The highest BCUT2D eigenvalue weighted by molar-refractivity contribution is 5.95. The normalized spacial score (nSPS) is 23.3. The average Bonchev–Trinajstić information content (AvgIpc) is 3.40. The van der Waals surface area contributed by atoms with Gasteiger partial charge in [0, 0.05) is 31.2 Å². The first-order valence-electron chi connectivity index (χ1n) is 12.2. The van der Waals surface area contributed by atoms with Crippen molar-refractivity contribution in [1.29, 1.82) is 0 Å². The molecule has 1 saturated carbocycles. The molecule has 1 amide bonds. The number of nitrogen functional groups attached to an aromatic ring is 1. The third-order valence-corrected chi connectivity index (χ3v) is 7.80. The molecule has 1 aliphatic heterocycles. The lowest BCUT2D eigenvalue weighted by molar-refractivity contribution is -0.141. The van der Waals surface area contributed by atoms with Crippen molar-refractivity contribution in [3.63, 3.8) is 0 Å². The van der Waals surface area contributed by atoms with E-state index in [0.717, 1.165) is 22.0 Å². The van der Waals surface area contributed by atoms with Crippen molar-refractivity contribution < 1.29 is 26.7 Å². The van der Waals surface area contributed by atoms with Crippen LogP contribution in [0, 0.1) is 18.8 Å². The van der Waals surface area contributed by atoms with Crippen LogP contribution in [0.15, 0.2) is 30.6 Å². The SMILES string of the molecule is Cc1nc(N2CC3C(C2)C3(F)F)ccc1Cn1cc(C(=O)NC2CCc3c2ccnc3N)c(C(F)(F)F)n1. The summed E-state index contributed by atoms with van der Waals surface area (Å²) in [5, 5.41) is 6.37. The lowest BCUT2D eigenvalue weighted by Gasteiger charge is -2.21. The molecule has 13 heteroatoms. The largest absolute Gasteiger partial charge is 0.435 e. The van der Waals surface area contributed by atoms with Gasteiger partial charge < -0.3 is 16.0 Å². The zero-order valence-electron chi connectivity index (χ0n) is 20.3. The topological polar surface area (TPSA) is 102 Å². The van der Waals surface area contributed by atoms with E-state index in [0.29, 0.717) is 35.7 Å². The Morgan fingerprint density at radius 3 is 2.63 bits per heavy atom. The van der Waals surface area contributed by atoms with E-state index >= 15 is 0 Å². The first kappa shape index (κ1) is 24.6. The molecule has 2 aliphatic carbocycles. The predicted molar refractivity (Wildman–Crippen MR) is 127 cm³/mol. The molecule has 1 saturated heterocycles. The minimum Gasteiger partial charge on any atom is -0.383 e. The number of piperidine rings is 1. The highest BCUT2D eigenvalue weighted by atomic mass is 19.4. The maximum atomic E-state index is 13.8. The molecule has 200 valence electrons. The summed E-state index contributed by atoms with van der Waals surface area (Å²) >= 11 is 0. The number of aromatic nitrogens is 4. The van der Waals surface area contributed by atoms with Crippen molar-refractivity contribution in [1.82, 2.24) is 25.1 Å². The van der Waals surface area contributed by atoms with Crippen LogP contribution in [0.25, 0.3) is 0 Å². The summed E-state index contributed by atoms with van der Waals surface area (Å²) in [6.07, 6.45) is -1.19. The van der Waals surface area contributed by atoms with E-state index in [4.69, 9.17) is 5.73 Å². The molecular formula is C25H24F5N7O. The second-order valence-corrected chi connectivity index (χ2v) is 10.1. The smallest absolute Gasteiger partial charge is 0.383 e. The minimum absolute atomic E-state index is 0.0484. The monoisotopic (exact) mass is 533 g/mol. The van der Waals surface area contributed by atoms with Crippen LogP contribution in [0.5, 0.6) is 0 Å². The third kappa shape index (κ3) is 4.04. The summed E-state index contributed by atoms with van der Waals surface area (Å²) in [6, 6.07) is 4.59. The van der Waals surface area contributed by atoms with Crippen molar-refractivity contribution in [2.75, 3.05) is 23.7 Å². The van der Waals surface area contributed by atoms with Crippen molar-refractivity contribution in [3.8, 4) is 0 Å². The molecule has 8 nitrogen and oxygen atoms in total. The molecule has 3 unspecified atom stereocenters. The summed E-state index contributed by atoms with van der Waals surface area (Å²) in [5.74, 6) is -3.88. The summed E-state index contributed by atoms with van der Waals surface area (Å²) in [6.45, 7) is 2.10. The molecule has 3 aromatic rings. The first-order chi connectivity index (χ1) is 17.9. The number of fused-ring (bicyclic) bond motifs is 2. The van der Waals surface area contributed by atoms with Crippen LogP contribution < -0.4 is 16.0 Å². The van der Waals surface area contributed by atoms with Crippen molar-refractivity contribution in [2.24, 2.45) is 11.8 Å². The number of pyridine rings is 2. The minimum atomic E-state index is -4.84. The lowest BCUT2D eigenvalue weighted by Crippen LogP contribution is -2.28. The van der Waals surface area contributed by atoms with Gasteiger partial charge in [-0.3, -0.25) is 9.48 Å². The molecule has 0 radical (unpaired) electrons. The van der Waals surface area contributed by atoms with E-state index in [9.17, 15) is 26.7 Å². The fourth-order valence-electron chi connectivity index (χ4n) is 5.62. The molecule has 3 aliphatic rings. The van der Waals surface area contributed by atoms with Crippen LogP contribution in [0.1, 0.15) is 50.9 Å². The van der Waals surface area contributed by atoms with E-state index in [1.165, 1.54) is 6.20 Å². The van der Waals surface area contributed by atoms with Crippen molar-refractivity contribution >= 4 is 17.5 Å². The van der Waals surface area contributed by atoms with Crippen LogP contribution in [-0.2, 0) is 19.1 Å². The number of nitrogens with two attached hydrogens (primary N) is 1. The Hall–Kier alpha value is -3.77. The Balaban J connectivity index is 1.20. The Morgan fingerprint density at radius 2 is 1.95 bits per heavy atom. The number of rotatable bonds is 5. The fourth-order valence-corrected chi connectivity index (χ4v) is 5.62. The number of nitrogens with zero attached hydrogens (tertiary/aromatic N) is 5. The fraction of sp³-hybridized carbons (Fsp3) is 0.440. The zero-order chi connectivity index (χ0) is 27.0. The summed E-state index contributed by atoms with van der Waals surface area (Å²) in [4.78, 5) is 23.3. The Bertz CT molecular complexity index is 1420. The van der Waals surface area contributed by atoms with Crippen LogP contribution in [0.4, 0.5) is 33.6 Å². The predicted octanol–water partition coefficient (Wildman–Crippen LogP) is 3.75. The summed E-state index contributed by atoms with van der Waals surface area (Å²) in [7, 11) is 0. The maximum Gasteiger partial charge on any atom is 0.435 e. The Morgan fingerprint density at radius 1 is 1.21 bits per heavy atom. The highest BCUT2D eigenvalue weighted by Gasteiger charge is 2.71. The van der Waals surface area contributed by atoms with Gasteiger partial charge in [-0.15, -0.1) is 0 Å². The molecular weight excluding hydrogens is 509 g/mol. The Kier molecular flexibility index (Phi) is 5.41. The molecule has 3 atom stereocenters. The Labute approximate surface area is 214 Å². The van der Waals surface area contributed by atoms with Gasteiger partial charge in [0.05, 0.1) is 30.0 Å². The number of halogens is 5. The second kappa shape index (κ2) is 8.37. The number of aryl methyl sites for hydroxylation is 1. The maximum absolute atomic E-state index is 13.8. The van der Waals surface area contributed by atoms with E-state index < -0.39 is 47.1 Å². The quantitative estimate of drug-likeness (QED) is 0.485. The molecule has 38 heavy (non-hydrogen) atoms. The number of anilines is 2. The van der Waals surface area contributed by atoms with Gasteiger partial charge in [0.25, 0.3) is 11.8 Å².